The molecule has 0 aromatic heterocycles. The highest BCUT2D eigenvalue weighted by molar-refractivity contribution is 5.82. The van der Waals surface area contributed by atoms with Crippen LogP contribution in [0.3, 0.4) is 0 Å². The number of benzene rings is 1. The third-order valence-corrected chi connectivity index (χ3v) is 2.47. The number of hydrogen-bond acceptors (Lipinski definition) is 4. The molecule has 1 aliphatic heterocycles. The molecule has 2 rings (SSSR count). The first-order valence-electron chi connectivity index (χ1n) is 6.17. The van der Waals surface area contributed by atoms with Crippen LogP contribution in [0.4, 0.5) is 0 Å². The van der Waals surface area contributed by atoms with Crippen LogP contribution < -0.4 is 0 Å². The molecule has 0 radical (unpaired) electrons. The lowest BCUT2D eigenvalue weighted by atomic mass is 10.2. The molecule has 1 unspecified atom stereocenters. The lowest BCUT2D eigenvalue weighted by molar-refractivity contribution is -0.137. The zero-order valence-electron chi connectivity index (χ0n) is 10.7. The van der Waals surface area contributed by atoms with Gasteiger partial charge in [-0.05, 0) is 18.6 Å². The van der Waals surface area contributed by atoms with Crippen molar-refractivity contribution in [2.24, 2.45) is 0 Å². The molecule has 1 aliphatic rings. The van der Waals surface area contributed by atoms with Crippen LogP contribution in [-0.2, 0) is 19.0 Å². The Balaban J connectivity index is 1.89. The van der Waals surface area contributed by atoms with Gasteiger partial charge in [0, 0.05) is 0 Å². The first kappa shape index (κ1) is 13.4. The summed E-state index contributed by atoms with van der Waals surface area (Å²) in [6, 6.07) is 9.85. The molecule has 0 amide bonds. The van der Waals surface area contributed by atoms with Crippen LogP contribution in [0.15, 0.2) is 48.2 Å². The van der Waals surface area contributed by atoms with Crippen LogP contribution >= 0.6 is 0 Å². The van der Waals surface area contributed by atoms with E-state index in [9.17, 15) is 4.79 Å². The van der Waals surface area contributed by atoms with Crippen LogP contribution in [0.2, 0.25) is 0 Å². The van der Waals surface area contributed by atoms with E-state index in [-0.39, 0.29) is 6.61 Å². The summed E-state index contributed by atoms with van der Waals surface area (Å²) in [7, 11) is 0. The molecule has 19 heavy (non-hydrogen) atoms. The second kappa shape index (κ2) is 6.75. The van der Waals surface area contributed by atoms with Gasteiger partial charge in [-0.3, -0.25) is 0 Å². The molecule has 4 heteroatoms. The number of rotatable bonds is 4. The Morgan fingerprint density at radius 3 is 2.95 bits per heavy atom. The summed E-state index contributed by atoms with van der Waals surface area (Å²) in [5, 5.41) is 0. The smallest absolute Gasteiger partial charge is 0.334 e. The van der Waals surface area contributed by atoms with E-state index in [0.717, 1.165) is 5.56 Å². The van der Waals surface area contributed by atoms with Crippen molar-refractivity contribution in [2.75, 3.05) is 13.2 Å². The lowest BCUT2D eigenvalue weighted by Crippen LogP contribution is -2.03. The number of ether oxygens (including phenoxy) is 3. The SMILES string of the molecule is CCOC(=O)/C=C1/COC(/C=C/c2ccccc2)O1. The highest BCUT2D eigenvalue weighted by Gasteiger charge is 2.19. The minimum Gasteiger partial charge on any atom is -0.463 e. The fourth-order valence-electron chi connectivity index (χ4n) is 1.62. The van der Waals surface area contributed by atoms with Gasteiger partial charge in [-0.2, -0.15) is 0 Å². The highest BCUT2D eigenvalue weighted by Crippen LogP contribution is 2.17. The van der Waals surface area contributed by atoms with Crippen molar-refractivity contribution in [2.45, 2.75) is 13.2 Å². The van der Waals surface area contributed by atoms with Crippen LogP contribution in [0.5, 0.6) is 0 Å². The molecule has 1 aromatic rings. The van der Waals surface area contributed by atoms with E-state index in [1.165, 1.54) is 6.08 Å². The molecule has 0 spiro atoms. The summed E-state index contributed by atoms with van der Waals surface area (Å²) in [6.45, 7) is 2.39. The van der Waals surface area contributed by atoms with Gasteiger partial charge in [0.2, 0.25) is 6.29 Å². The quantitative estimate of drug-likeness (QED) is 0.616. The molecule has 0 N–H and O–H groups in total. The van der Waals surface area contributed by atoms with Gasteiger partial charge in [0.05, 0.1) is 12.7 Å². The fourth-order valence-corrected chi connectivity index (χ4v) is 1.62. The summed E-state index contributed by atoms with van der Waals surface area (Å²) in [6.07, 6.45) is 4.58. The first-order chi connectivity index (χ1) is 9.28. The van der Waals surface area contributed by atoms with E-state index < -0.39 is 12.3 Å². The Labute approximate surface area is 112 Å². The van der Waals surface area contributed by atoms with Gasteiger partial charge < -0.3 is 14.2 Å². The third kappa shape index (κ3) is 4.26. The van der Waals surface area contributed by atoms with Gasteiger partial charge in [0.25, 0.3) is 0 Å². The molecule has 1 fully saturated rings. The molecule has 0 bridgehead atoms. The summed E-state index contributed by atoms with van der Waals surface area (Å²) in [5.41, 5.74) is 1.07. The standard InChI is InChI=1S/C15H16O4/c1-2-17-14(16)10-13-11-18-15(19-13)9-8-12-6-4-3-5-7-12/h3-10,15H,2,11H2,1H3/b9-8+,13-10-. The molecule has 100 valence electrons. The number of carbonyl (C=O) groups is 1. The second-order valence-corrected chi connectivity index (χ2v) is 3.93. The molecular formula is C15H16O4. The van der Waals surface area contributed by atoms with Crippen molar-refractivity contribution in [3.05, 3.63) is 53.8 Å². The van der Waals surface area contributed by atoms with E-state index >= 15 is 0 Å². The van der Waals surface area contributed by atoms with E-state index in [1.807, 2.05) is 36.4 Å². The van der Waals surface area contributed by atoms with Gasteiger partial charge in [0.15, 0.2) is 0 Å². The molecule has 1 heterocycles. The Morgan fingerprint density at radius 1 is 1.42 bits per heavy atom. The van der Waals surface area contributed by atoms with Gasteiger partial charge in [-0.25, -0.2) is 4.79 Å². The van der Waals surface area contributed by atoms with Crippen LogP contribution in [0, 0.1) is 0 Å². The molecular weight excluding hydrogens is 244 g/mol. The highest BCUT2D eigenvalue weighted by atomic mass is 16.7. The van der Waals surface area contributed by atoms with Crippen molar-refractivity contribution in [3.8, 4) is 0 Å². The van der Waals surface area contributed by atoms with Crippen molar-refractivity contribution >= 4 is 12.0 Å². The lowest BCUT2D eigenvalue weighted by Gasteiger charge is -2.03. The van der Waals surface area contributed by atoms with Gasteiger partial charge >= 0.3 is 5.97 Å². The predicted octanol–water partition coefficient (Wildman–Crippen LogP) is 2.52. The van der Waals surface area contributed by atoms with Crippen LogP contribution in [0.25, 0.3) is 6.08 Å². The van der Waals surface area contributed by atoms with Gasteiger partial charge in [-0.1, -0.05) is 36.4 Å². The number of esters is 1. The minimum atomic E-state index is -0.458. The monoisotopic (exact) mass is 260 g/mol. The normalized spacial score (nSPS) is 20.7. The maximum absolute atomic E-state index is 11.2. The zero-order valence-corrected chi connectivity index (χ0v) is 10.7. The third-order valence-electron chi connectivity index (χ3n) is 2.47. The molecule has 4 nitrogen and oxygen atoms in total. The van der Waals surface area contributed by atoms with E-state index in [4.69, 9.17) is 14.2 Å². The summed E-state index contributed by atoms with van der Waals surface area (Å²) in [5.74, 6) is 0.0787. The average molecular weight is 260 g/mol. The summed E-state index contributed by atoms with van der Waals surface area (Å²) < 4.78 is 15.6. The average Bonchev–Trinajstić information content (AvgIpc) is 2.85. The topological polar surface area (TPSA) is 44.8 Å². The van der Waals surface area contributed by atoms with Crippen molar-refractivity contribution < 1.29 is 19.0 Å². The van der Waals surface area contributed by atoms with E-state index in [2.05, 4.69) is 0 Å². The Bertz CT molecular complexity index is 476. The van der Waals surface area contributed by atoms with Crippen molar-refractivity contribution in [1.29, 1.82) is 0 Å². The Morgan fingerprint density at radius 2 is 2.21 bits per heavy atom. The Hall–Kier alpha value is -2.07. The molecule has 0 saturated carbocycles. The summed E-state index contributed by atoms with van der Waals surface area (Å²) >= 11 is 0. The largest absolute Gasteiger partial charge is 0.463 e. The van der Waals surface area contributed by atoms with Crippen molar-refractivity contribution in [1.82, 2.24) is 0 Å². The molecule has 1 atom stereocenters. The maximum atomic E-state index is 11.2. The second-order valence-electron chi connectivity index (χ2n) is 3.93. The number of hydrogen-bond donors (Lipinski definition) is 0. The van der Waals surface area contributed by atoms with Crippen LogP contribution in [-0.4, -0.2) is 25.5 Å². The Kier molecular flexibility index (Phi) is 4.75. The van der Waals surface area contributed by atoms with Gasteiger partial charge in [0.1, 0.15) is 12.4 Å². The summed E-state index contributed by atoms with van der Waals surface area (Å²) in [4.78, 5) is 11.2. The molecule has 0 aliphatic carbocycles. The van der Waals surface area contributed by atoms with E-state index in [1.54, 1.807) is 13.0 Å². The van der Waals surface area contributed by atoms with Gasteiger partial charge in [-0.15, -0.1) is 0 Å². The number of carbonyl (C=O) groups excluding carboxylic acids is 1. The molecule has 1 saturated heterocycles. The fraction of sp³-hybridized carbons (Fsp3) is 0.267. The maximum Gasteiger partial charge on any atom is 0.334 e. The molecule has 1 aromatic carbocycles. The van der Waals surface area contributed by atoms with Crippen LogP contribution in [0.1, 0.15) is 12.5 Å². The van der Waals surface area contributed by atoms with Crippen molar-refractivity contribution in [3.63, 3.8) is 0 Å². The first-order valence-corrected chi connectivity index (χ1v) is 6.17. The predicted molar refractivity (Wildman–Crippen MR) is 71.0 cm³/mol. The minimum absolute atomic E-state index is 0.280. The zero-order chi connectivity index (χ0) is 13.5. The van der Waals surface area contributed by atoms with E-state index in [0.29, 0.717) is 12.4 Å².